The number of carboxylic acid groups (broad SMARTS) is 1. The molecule has 0 aromatic carbocycles. The number of carboxylic acids is 1. The van der Waals surface area contributed by atoms with Crippen molar-refractivity contribution in [2.45, 2.75) is 19.4 Å². The van der Waals surface area contributed by atoms with Crippen LogP contribution >= 0.6 is 0 Å². The van der Waals surface area contributed by atoms with Crippen molar-refractivity contribution in [2.75, 3.05) is 19.6 Å². The third-order valence-corrected chi connectivity index (χ3v) is 2.87. The van der Waals surface area contributed by atoms with Gasteiger partial charge in [-0.2, -0.15) is 0 Å². The van der Waals surface area contributed by atoms with Gasteiger partial charge in [-0.1, -0.05) is 0 Å². The van der Waals surface area contributed by atoms with Crippen LogP contribution in [0.4, 0.5) is 0 Å². The summed E-state index contributed by atoms with van der Waals surface area (Å²) >= 11 is 0. The van der Waals surface area contributed by atoms with Crippen molar-refractivity contribution in [3.8, 4) is 0 Å². The maximum Gasteiger partial charge on any atom is 0.337 e. The average molecular weight is 208 g/mol. The first-order valence-electron chi connectivity index (χ1n) is 5.37. The number of likely N-dealkylation sites (tertiary alicyclic amines) is 1. The van der Waals surface area contributed by atoms with Crippen molar-refractivity contribution in [1.82, 2.24) is 9.47 Å². The van der Waals surface area contributed by atoms with E-state index in [0.29, 0.717) is 5.56 Å². The van der Waals surface area contributed by atoms with E-state index in [4.69, 9.17) is 5.11 Å². The van der Waals surface area contributed by atoms with E-state index in [2.05, 4.69) is 4.90 Å². The predicted molar refractivity (Wildman–Crippen MR) is 57.1 cm³/mol. The molecule has 82 valence electrons. The van der Waals surface area contributed by atoms with E-state index >= 15 is 0 Å². The van der Waals surface area contributed by atoms with Gasteiger partial charge in [0.25, 0.3) is 0 Å². The molecule has 1 fully saturated rings. The number of rotatable bonds is 4. The number of aromatic nitrogens is 1. The highest BCUT2D eigenvalue weighted by Crippen LogP contribution is 2.07. The minimum absolute atomic E-state index is 0.372. The molecule has 1 aliphatic heterocycles. The summed E-state index contributed by atoms with van der Waals surface area (Å²) in [6.07, 6.45) is 6.12. The molecule has 1 N–H and O–H groups in total. The second-order valence-electron chi connectivity index (χ2n) is 3.99. The largest absolute Gasteiger partial charge is 0.478 e. The van der Waals surface area contributed by atoms with Crippen LogP contribution < -0.4 is 0 Å². The fourth-order valence-electron chi connectivity index (χ4n) is 1.97. The van der Waals surface area contributed by atoms with Crippen LogP contribution in [-0.2, 0) is 6.54 Å². The Kier molecular flexibility index (Phi) is 3.06. The van der Waals surface area contributed by atoms with Crippen LogP contribution in [0.1, 0.15) is 23.2 Å². The van der Waals surface area contributed by atoms with Crippen LogP contribution in [0.15, 0.2) is 18.5 Å². The molecule has 1 aromatic heterocycles. The van der Waals surface area contributed by atoms with Crippen LogP contribution in [0.5, 0.6) is 0 Å². The number of hydrogen-bond acceptors (Lipinski definition) is 2. The molecule has 1 aliphatic rings. The molecule has 0 spiro atoms. The molecule has 1 aromatic rings. The highest BCUT2D eigenvalue weighted by atomic mass is 16.4. The molecule has 0 amide bonds. The summed E-state index contributed by atoms with van der Waals surface area (Å²) in [5.74, 6) is -0.852. The Morgan fingerprint density at radius 1 is 1.33 bits per heavy atom. The lowest BCUT2D eigenvalue weighted by atomic mass is 10.4. The minimum atomic E-state index is -0.852. The molecule has 1 saturated heterocycles. The zero-order valence-corrected chi connectivity index (χ0v) is 8.72. The number of nitrogens with zero attached hydrogens (tertiary/aromatic N) is 2. The van der Waals surface area contributed by atoms with Gasteiger partial charge in [0, 0.05) is 25.5 Å². The standard InChI is InChI=1S/C11H16N2O2/c14-11(15)10-3-6-13(9-10)8-7-12-4-1-2-5-12/h3,6,9H,1-2,4-5,7-8H2,(H,14,15). The third-order valence-electron chi connectivity index (χ3n) is 2.87. The average Bonchev–Trinajstić information content (AvgIpc) is 2.86. The Morgan fingerprint density at radius 3 is 2.67 bits per heavy atom. The van der Waals surface area contributed by atoms with Gasteiger partial charge in [-0.15, -0.1) is 0 Å². The van der Waals surface area contributed by atoms with Crippen molar-refractivity contribution in [2.24, 2.45) is 0 Å². The Labute approximate surface area is 89.1 Å². The van der Waals surface area contributed by atoms with Gasteiger partial charge in [0.15, 0.2) is 0 Å². The Bertz CT molecular complexity index is 340. The topological polar surface area (TPSA) is 45.5 Å². The molecular formula is C11H16N2O2. The molecule has 0 atom stereocenters. The van der Waals surface area contributed by atoms with Crippen molar-refractivity contribution in [3.63, 3.8) is 0 Å². The van der Waals surface area contributed by atoms with Crippen molar-refractivity contribution in [3.05, 3.63) is 24.0 Å². The first kappa shape index (κ1) is 10.2. The summed E-state index contributed by atoms with van der Waals surface area (Å²) in [6.45, 7) is 4.28. The van der Waals surface area contributed by atoms with Gasteiger partial charge in [-0.05, 0) is 32.0 Å². The summed E-state index contributed by atoms with van der Waals surface area (Å²) in [4.78, 5) is 13.1. The Morgan fingerprint density at radius 2 is 2.07 bits per heavy atom. The molecule has 4 heteroatoms. The van der Waals surface area contributed by atoms with E-state index in [1.165, 1.54) is 25.9 Å². The number of hydrogen-bond donors (Lipinski definition) is 1. The van der Waals surface area contributed by atoms with Gasteiger partial charge in [-0.25, -0.2) is 4.79 Å². The van der Waals surface area contributed by atoms with E-state index in [1.54, 1.807) is 12.3 Å². The van der Waals surface area contributed by atoms with Crippen LogP contribution in [0, 0.1) is 0 Å². The lowest BCUT2D eigenvalue weighted by molar-refractivity contribution is 0.0697. The van der Waals surface area contributed by atoms with Crippen molar-refractivity contribution in [1.29, 1.82) is 0 Å². The number of aromatic carboxylic acids is 1. The molecular weight excluding hydrogens is 192 g/mol. The summed E-state index contributed by atoms with van der Waals surface area (Å²) in [5.41, 5.74) is 0.372. The van der Waals surface area contributed by atoms with E-state index in [1.807, 2.05) is 10.8 Å². The molecule has 2 rings (SSSR count). The second-order valence-corrected chi connectivity index (χ2v) is 3.99. The first-order valence-corrected chi connectivity index (χ1v) is 5.37. The minimum Gasteiger partial charge on any atom is -0.478 e. The van der Waals surface area contributed by atoms with Gasteiger partial charge < -0.3 is 14.6 Å². The second kappa shape index (κ2) is 4.49. The van der Waals surface area contributed by atoms with Gasteiger partial charge in [0.2, 0.25) is 0 Å². The SMILES string of the molecule is O=C(O)c1ccn(CCN2CCCC2)c1. The molecule has 2 heterocycles. The van der Waals surface area contributed by atoms with Crippen LogP contribution in [0.3, 0.4) is 0 Å². The van der Waals surface area contributed by atoms with Gasteiger partial charge in [0.1, 0.15) is 0 Å². The molecule has 0 unspecified atom stereocenters. The fraction of sp³-hybridized carbons (Fsp3) is 0.545. The fourth-order valence-corrected chi connectivity index (χ4v) is 1.97. The van der Waals surface area contributed by atoms with E-state index < -0.39 is 5.97 Å². The van der Waals surface area contributed by atoms with Crippen LogP contribution in [-0.4, -0.2) is 40.2 Å². The van der Waals surface area contributed by atoms with Crippen molar-refractivity contribution >= 4 is 5.97 Å². The normalized spacial score (nSPS) is 17.1. The van der Waals surface area contributed by atoms with E-state index in [-0.39, 0.29) is 0 Å². The van der Waals surface area contributed by atoms with E-state index in [9.17, 15) is 4.79 Å². The van der Waals surface area contributed by atoms with Crippen LogP contribution in [0.25, 0.3) is 0 Å². The summed E-state index contributed by atoms with van der Waals surface area (Å²) in [7, 11) is 0. The lowest BCUT2D eigenvalue weighted by Crippen LogP contribution is -2.23. The quantitative estimate of drug-likeness (QED) is 0.810. The highest BCUT2D eigenvalue weighted by Gasteiger charge is 2.11. The molecule has 0 aliphatic carbocycles. The monoisotopic (exact) mass is 208 g/mol. The van der Waals surface area contributed by atoms with Crippen molar-refractivity contribution < 1.29 is 9.90 Å². The Hall–Kier alpha value is -1.29. The highest BCUT2D eigenvalue weighted by molar-refractivity contribution is 5.87. The zero-order valence-electron chi connectivity index (χ0n) is 8.72. The Balaban J connectivity index is 1.84. The smallest absolute Gasteiger partial charge is 0.337 e. The maximum absolute atomic E-state index is 10.7. The maximum atomic E-state index is 10.7. The van der Waals surface area contributed by atoms with Crippen LogP contribution in [0.2, 0.25) is 0 Å². The lowest BCUT2D eigenvalue weighted by Gasteiger charge is -2.14. The van der Waals surface area contributed by atoms with Gasteiger partial charge in [-0.3, -0.25) is 0 Å². The summed E-state index contributed by atoms with van der Waals surface area (Å²) < 4.78 is 1.95. The third kappa shape index (κ3) is 2.59. The molecule has 0 radical (unpaired) electrons. The predicted octanol–water partition coefficient (Wildman–Crippen LogP) is 1.28. The molecule has 4 nitrogen and oxygen atoms in total. The molecule has 0 bridgehead atoms. The zero-order chi connectivity index (χ0) is 10.7. The van der Waals surface area contributed by atoms with Gasteiger partial charge in [0.05, 0.1) is 5.56 Å². The molecule has 15 heavy (non-hydrogen) atoms. The number of carbonyl (C=O) groups is 1. The summed E-state index contributed by atoms with van der Waals surface area (Å²) in [5, 5.41) is 8.75. The van der Waals surface area contributed by atoms with Gasteiger partial charge >= 0.3 is 5.97 Å². The summed E-state index contributed by atoms with van der Waals surface area (Å²) in [6, 6.07) is 1.65. The molecule has 0 saturated carbocycles. The van der Waals surface area contributed by atoms with E-state index in [0.717, 1.165) is 13.1 Å². The first-order chi connectivity index (χ1) is 7.25.